The van der Waals surface area contributed by atoms with E-state index in [0.717, 1.165) is 10.1 Å². The molecular weight excluding hydrogens is 266 g/mol. The molecule has 3 aromatic rings. The number of ether oxygens (including phenoxy) is 1. The molecule has 0 aliphatic carbocycles. The number of nitrogens with two attached hydrogens (primary N) is 1. The molecule has 0 unspecified atom stereocenters. The van der Waals surface area contributed by atoms with E-state index in [1.54, 1.807) is 6.07 Å². The standard InChI is InChI=1S/C14H10ClNOS/c15-9-4-3-5-10(8-9)17-13-11-6-1-2-7-12(11)18-14(13)16/h1-8H,16H2. The molecule has 0 atom stereocenters. The fourth-order valence-electron chi connectivity index (χ4n) is 1.79. The largest absolute Gasteiger partial charge is 0.454 e. The van der Waals surface area contributed by atoms with Gasteiger partial charge in [-0.25, -0.2) is 0 Å². The van der Waals surface area contributed by atoms with Crippen molar-refractivity contribution in [2.45, 2.75) is 0 Å². The van der Waals surface area contributed by atoms with Crippen molar-refractivity contribution in [1.82, 2.24) is 0 Å². The second kappa shape index (κ2) is 4.52. The van der Waals surface area contributed by atoms with Gasteiger partial charge in [-0.05, 0) is 30.3 Å². The van der Waals surface area contributed by atoms with Crippen molar-refractivity contribution in [3.63, 3.8) is 0 Å². The number of hydrogen-bond acceptors (Lipinski definition) is 3. The number of hydrogen-bond donors (Lipinski definition) is 1. The maximum Gasteiger partial charge on any atom is 0.169 e. The first kappa shape index (κ1) is 11.4. The van der Waals surface area contributed by atoms with Crippen LogP contribution in [0.5, 0.6) is 11.5 Å². The Balaban J connectivity index is 2.07. The summed E-state index contributed by atoms with van der Waals surface area (Å²) >= 11 is 7.46. The summed E-state index contributed by atoms with van der Waals surface area (Å²) in [5.41, 5.74) is 6.00. The minimum absolute atomic E-state index is 0.644. The van der Waals surface area contributed by atoms with Crippen LogP contribution in [0.4, 0.5) is 5.00 Å². The Kier molecular flexibility index (Phi) is 2.86. The molecule has 2 N–H and O–H groups in total. The number of thiophene rings is 1. The van der Waals surface area contributed by atoms with E-state index in [0.29, 0.717) is 21.5 Å². The highest BCUT2D eigenvalue weighted by Gasteiger charge is 2.11. The minimum Gasteiger partial charge on any atom is -0.454 e. The van der Waals surface area contributed by atoms with Crippen molar-refractivity contribution in [2.24, 2.45) is 0 Å². The van der Waals surface area contributed by atoms with E-state index in [2.05, 4.69) is 0 Å². The first-order valence-corrected chi connectivity index (χ1v) is 6.64. The van der Waals surface area contributed by atoms with Gasteiger partial charge in [-0.2, -0.15) is 0 Å². The summed E-state index contributed by atoms with van der Waals surface area (Å²) in [6.45, 7) is 0. The molecule has 90 valence electrons. The molecule has 0 aliphatic rings. The van der Waals surface area contributed by atoms with E-state index in [4.69, 9.17) is 22.1 Å². The van der Waals surface area contributed by atoms with Gasteiger partial charge < -0.3 is 10.5 Å². The highest BCUT2D eigenvalue weighted by molar-refractivity contribution is 7.23. The Morgan fingerprint density at radius 2 is 1.89 bits per heavy atom. The van der Waals surface area contributed by atoms with Crippen molar-refractivity contribution in [3.8, 4) is 11.5 Å². The Bertz CT molecular complexity index is 708. The van der Waals surface area contributed by atoms with E-state index < -0.39 is 0 Å². The minimum atomic E-state index is 0.644. The van der Waals surface area contributed by atoms with E-state index in [1.165, 1.54) is 11.3 Å². The van der Waals surface area contributed by atoms with Crippen LogP contribution in [0.2, 0.25) is 5.02 Å². The van der Waals surface area contributed by atoms with Gasteiger partial charge in [-0.15, -0.1) is 11.3 Å². The first-order valence-electron chi connectivity index (χ1n) is 5.44. The van der Waals surface area contributed by atoms with Crippen LogP contribution in [-0.4, -0.2) is 0 Å². The SMILES string of the molecule is Nc1sc2ccccc2c1Oc1cccc(Cl)c1. The van der Waals surface area contributed by atoms with Gasteiger partial charge in [0.25, 0.3) is 0 Å². The van der Waals surface area contributed by atoms with Crippen molar-refractivity contribution in [1.29, 1.82) is 0 Å². The molecule has 0 aliphatic heterocycles. The zero-order valence-corrected chi connectivity index (χ0v) is 11.0. The normalized spacial score (nSPS) is 10.7. The maximum atomic E-state index is 6.00. The van der Waals surface area contributed by atoms with Crippen LogP contribution in [0.25, 0.3) is 10.1 Å². The number of rotatable bonds is 2. The Morgan fingerprint density at radius 3 is 2.72 bits per heavy atom. The lowest BCUT2D eigenvalue weighted by atomic mass is 10.2. The molecule has 0 radical (unpaired) electrons. The molecule has 2 aromatic carbocycles. The van der Waals surface area contributed by atoms with Crippen molar-refractivity contribution in [3.05, 3.63) is 53.6 Å². The molecule has 4 heteroatoms. The third-order valence-electron chi connectivity index (χ3n) is 2.59. The fraction of sp³-hybridized carbons (Fsp3) is 0. The van der Waals surface area contributed by atoms with Crippen molar-refractivity contribution < 1.29 is 4.74 Å². The maximum absolute atomic E-state index is 6.00. The Hall–Kier alpha value is -1.71. The van der Waals surface area contributed by atoms with Crippen LogP contribution in [0.1, 0.15) is 0 Å². The highest BCUT2D eigenvalue weighted by Crippen LogP contribution is 2.42. The molecule has 0 bridgehead atoms. The molecule has 0 saturated heterocycles. The van der Waals surface area contributed by atoms with E-state index in [9.17, 15) is 0 Å². The van der Waals surface area contributed by atoms with Gasteiger partial charge in [-0.1, -0.05) is 29.8 Å². The van der Waals surface area contributed by atoms with Crippen LogP contribution in [0.15, 0.2) is 48.5 Å². The monoisotopic (exact) mass is 275 g/mol. The summed E-state index contributed by atoms with van der Waals surface area (Å²) in [6, 6.07) is 15.3. The van der Waals surface area contributed by atoms with E-state index in [1.807, 2.05) is 42.5 Å². The van der Waals surface area contributed by atoms with Crippen molar-refractivity contribution in [2.75, 3.05) is 5.73 Å². The van der Waals surface area contributed by atoms with Crippen LogP contribution in [-0.2, 0) is 0 Å². The molecule has 0 amide bonds. The van der Waals surface area contributed by atoms with Crippen molar-refractivity contribution >= 4 is 38.0 Å². The summed E-state index contributed by atoms with van der Waals surface area (Å²) in [4.78, 5) is 0. The molecule has 3 rings (SSSR count). The van der Waals surface area contributed by atoms with Gasteiger partial charge in [0.2, 0.25) is 0 Å². The molecule has 1 aromatic heterocycles. The number of halogens is 1. The average Bonchev–Trinajstić information content (AvgIpc) is 2.66. The van der Waals surface area contributed by atoms with Gasteiger partial charge >= 0.3 is 0 Å². The van der Waals surface area contributed by atoms with Gasteiger partial charge in [-0.3, -0.25) is 0 Å². The summed E-state index contributed by atoms with van der Waals surface area (Å²) < 4.78 is 6.96. The molecule has 18 heavy (non-hydrogen) atoms. The van der Waals surface area contributed by atoms with E-state index >= 15 is 0 Å². The van der Waals surface area contributed by atoms with Crippen LogP contribution < -0.4 is 10.5 Å². The summed E-state index contributed by atoms with van der Waals surface area (Å²) in [5, 5.41) is 2.35. The lowest BCUT2D eigenvalue weighted by Gasteiger charge is -2.05. The van der Waals surface area contributed by atoms with Crippen LogP contribution in [0.3, 0.4) is 0 Å². The van der Waals surface area contributed by atoms with Gasteiger partial charge in [0.05, 0.1) is 0 Å². The van der Waals surface area contributed by atoms with Gasteiger partial charge in [0.15, 0.2) is 5.75 Å². The average molecular weight is 276 g/mol. The lowest BCUT2D eigenvalue weighted by Crippen LogP contribution is -1.87. The number of fused-ring (bicyclic) bond motifs is 1. The number of benzene rings is 2. The smallest absolute Gasteiger partial charge is 0.169 e. The predicted octanol–water partition coefficient (Wildman–Crippen LogP) is 4.93. The van der Waals surface area contributed by atoms with Gasteiger partial charge in [0.1, 0.15) is 10.8 Å². The quantitative estimate of drug-likeness (QED) is 0.720. The molecule has 0 spiro atoms. The number of anilines is 1. The predicted molar refractivity (Wildman–Crippen MR) is 77.8 cm³/mol. The second-order valence-electron chi connectivity index (χ2n) is 3.85. The zero-order valence-electron chi connectivity index (χ0n) is 9.39. The Morgan fingerprint density at radius 1 is 1.06 bits per heavy atom. The summed E-state index contributed by atoms with van der Waals surface area (Å²) in [5.74, 6) is 1.40. The lowest BCUT2D eigenvalue weighted by molar-refractivity contribution is 0.492. The summed E-state index contributed by atoms with van der Waals surface area (Å²) in [7, 11) is 0. The third-order valence-corrected chi connectivity index (χ3v) is 3.81. The molecule has 0 fully saturated rings. The zero-order chi connectivity index (χ0) is 12.5. The topological polar surface area (TPSA) is 35.2 Å². The third kappa shape index (κ3) is 2.03. The fourth-order valence-corrected chi connectivity index (χ4v) is 2.87. The molecular formula is C14H10ClNOS. The van der Waals surface area contributed by atoms with Gasteiger partial charge in [0, 0.05) is 15.1 Å². The Labute approximate surface area is 114 Å². The van der Waals surface area contributed by atoms with E-state index in [-0.39, 0.29) is 0 Å². The highest BCUT2D eigenvalue weighted by atomic mass is 35.5. The second-order valence-corrected chi connectivity index (χ2v) is 5.37. The van der Waals surface area contributed by atoms with Crippen LogP contribution >= 0.6 is 22.9 Å². The summed E-state index contributed by atoms with van der Waals surface area (Å²) in [6.07, 6.45) is 0. The molecule has 1 heterocycles. The first-order chi connectivity index (χ1) is 8.74. The molecule has 2 nitrogen and oxygen atoms in total. The number of nitrogen functional groups attached to an aromatic ring is 1. The van der Waals surface area contributed by atoms with Crippen LogP contribution in [0, 0.1) is 0 Å². The molecule has 0 saturated carbocycles.